The number of nitrogen functional groups attached to an aromatic ring is 1. The van der Waals surface area contributed by atoms with Crippen LogP contribution in [0.3, 0.4) is 0 Å². The first kappa shape index (κ1) is 22.8. The number of hydrogen-bond acceptors (Lipinski definition) is 4. The summed E-state index contributed by atoms with van der Waals surface area (Å²) < 4.78 is 0. The highest BCUT2D eigenvalue weighted by Gasteiger charge is 2.22. The third-order valence-electron chi connectivity index (χ3n) is 5.34. The number of hydrogen-bond donors (Lipinski definition) is 2. The molecule has 0 radical (unpaired) electrons. The Morgan fingerprint density at radius 2 is 1.77 bits per heavy atom. The predicted molar refractivity (Wildman–Crippen MR) is 126 cm³/mol. The average molecular weight is 466 g/mol. The minimum atomic E-state index is -0.303. The molecule has 1 aliphatic carbocycles. The number of amides is 2. The minimum Gasteiger partial charge on any atom is -0.396 e. The minimum absolute atomic E-state index is 0.0826. The Kier molecular flexibility index (Phi) is 7.92. The zero-order valence-electron chi connectivity index (χ0n) is 16.8. The Balaban J connectivity index is 1.66. The summed E-state index contributed by atoms with van der Waals surface area (Å²) in [6.07, 6.45) is 5.74. The van der Waals surface area contributed by atoms with Crippen LogP contribution in [0.25, 0.3) is 0 Å². The Bertz CT molecular complexity index is 909. The molecule has 2 amide bonds. The lowest BCUT2D eigenvalue weighted by molar-refractivity contribution is -0.129. The number of nitrogens with two attached hydrogens (primary N) is 1. The van der Waals surface area contributed by atoms with E-state index >= 15 is 0 Å². The summed E-state index contributed by atoms with van der Waals surface area (Å²) in [6.45, 7) is 0. The van der Waals surface area contributed by atoms with Gasteiger partial charge in [0.2, 0.25) is 5.91 Å². The van der Waals surface area contributed by atoms with Crippen molar-refractivity contribution in [3.63, 3.8) is 0 Å². The van der Waals surface area contributed by atoms with Crippen molar-refractivity contribution >= 4 is 58.2 Å². The molecule has 30 heavy (non-hydrogen) atoms. The zero-order chi connectivity index (χ0) is 21.7. The highest BCUT2D eigenvalue weighted by molar-refractivity contribution is 8.00. The fourth-order valence-corrected chi connectivity index (χ4v) is 5.01. The molecule has 0 unspecified atom stereocenters. The number of anilines is 2. The molecule has 160 valence electrons. The first-order valence-corrected chi connectivity index (χ1v) is 11.6. The largest absolute Gasteiger partial charge is 0.396 e. The molecule has 1 aliphatic rings. The number of nitrogens with one attached hydrogen (secondary N) is 1. The van der Waals surface area contributed by atoms with Crippen LogP contribution in [-0.4, -0.2) is 35.6 Å². The molecule has 3 rings (SSSR count). The van der Waals surface area contributed by atoms with Crippen LogP contribution in [0.5, 0.6) is 0 Å². The molecule has 0 bridgehead atoms. The molecule has 0 aromatic heterocycles. The average Bonchev–Trinajstić information content (AvgIpc) is 2.76. The Morgan fingerprint density at radius 1 is 1.13 bits per heavy atom. The van der Waals surface area contributed by atoms with E-state index in [1.165, 1.54) is 31.0 Å². The zero-order valence-corrected chi connectivity index (χ0v) is 19.1. The van der Waals surface area contributed by atoms with E-state index < -0.39 is 0 Å². The second kappa shape index (κ2) is 10.4. The first-order chi connectivity index (χ1) is 14.4. The second-order valence-corrected chi connectivity index (χ2v) is 9.22. The number of thioether (sulfide) groups is 1. The van der Waals surface area contributed by atoms with Crippen molar-refractivity contribution in [1.29, 1.82) is 0 Å². The maximum atomic E-state index is 12.8. The van der Waals surface area contributed by atoms with E-state index in [2.05, 4.69) is 5.32 Å². The number of nitrogens with zero attached hydrogens (tertiary/aromatic N) is 1. The fourth-order valence-electron chi connectivity index (χ4n) is 3.55. The maximum absolute atomic E-state index is 12.8. The fraction of sp³-hybridized carbons (Fsp3) is 0.364. The molecule has 1 fully saturated rings. The van der Waals surface area contributed by atoms with E-state index in [1.807, 2.05) is 24.1 Å². The van der Waals surface area contributed by atoms with Crippen molar-refractivity contribution in [3.05, 3.63) is 52.0 Å². The molecular weight excluding hydrogens is 441 g/mol. The molecule has 0 aliphatic heterocycles. The van der Waals surface area contributed by atoms with E-state index in [4.69, 9.17) is 28.9 Å². The number of carbonyl (C=O) groups is 2. The summed E-state index contributed by atoms with van der Waals surface area (Å²) in [4.78, 5) is 28.1. The maximum Gasteiger partial charge on any atom is 0.256 e. The van der Waals surface area contributed by atoms with Crippen LogP contribution in [0.4, 0.5) is 11.4 Å². The second-order valence-electron chi connectivity index (χ2n) is 7.39. The highest BCUT2D eigenvalue weighted by atomic mass is 35.5. The quantitative estimate of drug-likeness (QED) is 0.422. The van der Waals surface area contributed by atoms with E-state index in [-0.39, 0.29) is 33.3 Å². The topological polar surface area (TPSA) is 75.4 Å². The molecule has 1 saturated carbocycles. The van der Waals surface area contributed by atoms with E-state index in [1.54, 1.807) is 24.3 Å². The summed E-state index contributed by atoms with van der Waals surface area (Å²) in [5, 5.41) is 3.35. The van der Waals surface area contributed by atoms with Crippen molar-refractivity contribution < 1.29 is 9.59 Å². The van der Waals surface area contributed by atoms with Crippen molar-refractivity contribution in [2.45, 2.75) is 43.0 Å². The SMILES string of the molecule is CN(C(=O)CSc1ccccc1C(=O)Nc1cc(Cl)c(N)c(Cl)c1)C1CCCCC1. The van der Waals surface area contributed by atoms with E-state index in [0.29, 0.717) is 17.3 Å². The van der Waals surface area contributed by atoms with Crippen LogP contribution in [0.1, 0.15) is 42.5 Å². The van der Waals surface area contributed by atoms with Gasteiger partial charge in [-0.05, 0) is 37.1 Å². The molecule has 5 nitrogen and oxygen atoms in total. The third-order valence-corrected chi connectivity index (χ3v) is 7.02. The van der Waals surface area contributed by atoms with Gasteiger partial charge >= 0.3 is 0 Å². The van der Waals surface area contributed by atoms with Crippen molar-refractivity contribution in [2.75, 3.05) is 23.9 Å². The van der Waals surface area contributed by atoms with Crippen LogP contribution >= 0.6 is 35.0 Å². The van der Waals surface area contributed by atoms with E-state index in [0.717, 1.165) is 17.7 Å². The number of halogens is 2. The van der Waals surface area contributed by atoms with Gasteiger partial charge in [0.25, 0.3) is 5.91 Å². The van der Waals surface area contributed by atoms with Gasteiger partial charge in [0.1, 0.15) is 0 Å². The van der Waals surface area contributed by atoms with Crippen LogP contribution in [0.15, 0.2) is 41.3 Å². The van der Waals surface area contributed by atoms with Gasteiger partial charge in [-0.1, -0.05) is 54.6 Å². The summed E-state index contributed by atoms with van der Waals surface area (Å²) in [6, 6.07) is 10.6. The lowest BCUT2D eigenvalue weighted by Crippen LogP contribution is -2.39. The first-order valence-electron chi connectivity index (χ1n) is 9.90. The van der Waals surface area contributed by atoms with Gasteiger partial charge in [-0.25, -0.2) is 0 Å². The Labute approximate surface area is 191 Å². The number of carbonyl (C=O) groups excluding carboxylic acids is 2. The molecule has 2 aromatic rings. The summed E-state index contributed by atoms with van der Waals surface area (Å²) in [5.74, 6) is 0.0684. The smallest absolute Gasteiger partial charge is 0.256 e. The molecule has 0 heterocycles. The predicted octanol–water partition coefficient (Wildman–Crippen LogP) is 5.71. The third kappa shape index (κ3) is 5.62. The van der Waals surface area contributed by atoms with Crippen molar-refractivity contribution in [1.82, 2.24) is 4.90 Å². The monoisotopic (exact) mass is 465 g/mol. The van der Waals surface area contributed by atoms with Gasteiger partial charge in [-0.15, -0.1) is 11.8 Å². The normalized spacial score (nSPS) is 14.4. The summed E-state index contributed by atoms with van der Waals surface area (Å²) in [5.41, 5.74) is 6.96. The molecular formula is C22H25Cl2N3O2S. The van der Waals surface area contributed by atoms with Crippen LogP contribution < -0.4 is 11.1 Å². The summed E-state index contributed by atoms with van der Waals surface area (Å²) >= 11 is 13.5. The molecule has 8 heteroatoms. The van der Waals surface area contributed by atoms with Crippen molar-refractivity contribution in [3.8, 4) is 0 Å². The van der Waals surface area contributed by atoms with Gasteiger partial charge < -0.3 is 16.0 Å². The van der Waals surface area contributed by atoms with Crippen LogP contribution in [-0.2, 0) is 4.79 Å². The van der Waals surface area contributed by atoms with Crippen LogP contribution in [0.2, 0.25) is 10.0 Å². The molecule has 2 aromatic carbocycles. The number of rotatable bonds is 6. The van der Waals surface area contributed by atoms with Crippen molar-refractivity contribution in [2.24, 2.45) is 0 Å². The molecule has 0 atom stereocenters. The lowest BCUT2D eigenvalue weighted by Gasteiger charge is -2.31. The van der Waals surface area contributed by atoms with Gasteiger partial charge in [0, 0.05) is 23.7 Å². The van der Waals surface area contributed by atoms with Gasteiger partial charge in [-0.2, -0.15) is 0 Å². The van der Waals surface area contributed by atoms with E-state index in [9.17, 15) is 9.59 Å². The Hall–Kier alpha value is -1.89. The van der Waals surface area contributed by atoms with Gasteiger partial charge in [0.15, 0.2) is 0 Å². The summed E-state index contributed by atoms with van der Waals surface area (Å²) in [7, 11) is 1.88. The van der Waals surface area contributed by atoms with Crippen LogP contribution in [0, 0.1) is 0 Å². The Morgan fingerprint density at radius 3 is 2.43 bits per heavy atom. The van der Waals surface area contributed by atoms with Gasteiger partial charge in [-0.3, -0.25) is 9.59 Å². The number of benzene rings is 2. The van der Waals surface area contributed by atoms with Gasteiger partial charge in [0.05, 0.1) is 27.0 Å². The molecule has 0 spiro atoms. The standard InChI is InChI=1S/C22H25Cl2N3O2S/c1-27(15-7-3-2-4-8-15)20(28)13-30-19-10-6-5-9-16(19)22(29)26-14-11-17(23)21(25)18(24)12-14/h5-6,9-12,15H,2-4,7-8,13,25H2,1H3,(H,26,29). The lowest BCUT2D eigenvalue weighted by atomic mass is 9.94. The molecule has 3 N–H and O–H groups in total. The highest BCUT2D eigenvalue weighted by Crippen LogP contribution is 2.32. The molecule has 0 saturated heterocycles.